The number of nitrogens with one attached hydrogen (secondary N) is 1. The first kappa shape index (κ1) is 16.8. The Kier molecular flexibility index (Phi) is 4.13. The number of aromatic nitrogens is 5. The maximum absolute atomic E-state index is 12.8. The summed E-state index contributed by atoms with van der Waals surface area (Å²) in [6, 6.07) is 2.05. The van der Waals surface area contributed by atoms with Gasteiger partial charge in [-0.1, -0.05) is 0 Å². The topological polar surface area (TPSA) is 88.3 Å². The summed E-state index contributed by atoms with van der Waals surface area (Å²) in [6.45, 7) is 4.83. The molecule has 0 aromatic carbocycles. The van der Waals surface area contributed by atoms with E-state index in [1.54, 1.807) is 22.0 Å². The summed E-state index contributed by atoms with van der Waals surface area (Å²) >= 11 is 1.70. The molecule has 1 aliphatic heterocycles. The van der Waals surface area contributed by atoms with Gasteiger partial charge in [0.1, 0.15) is 5.01 Å². The number of amides is 1. The van der Waals surface area contributed by atoms with E-state index in [4.69, 9.17) is 0 Å². The van der Waals surface area contributed by atoms with Gasteiger partial charge < -0.3 is 5.32 Å². The van der Waals surface area contributed by atoms with Crippen molar-refractivity contribution in [2.75, 3.05) is 13.1 Å². The van der Waals surface area contributed by atoms with Crippen molar-refractivity contribution in [3.63, 3.8) is 0 Å². The fourth-order valence-corrected chi connectivity index (χ4v) is 5.08. The van der Waals surface area contributed by atoms with Crippen LogP contribution in [0.3, 0.4) is 0 Å². The van der Waals surface area contributed by atoms with E-state index in [1.807, 2.05) is 24.6 Å². The first-order valence-corrected chi connectivity index (χ1v) is 10.2. The second-order valence-corrected chi connectivity index (χ2v) is 8.43. The second kappa shape index (κ2) is 6.65. The van der Waals surface area contributed by atoms with Gasteiger partial charge in [-0.3, -0.25) is 9.69 Å². The number of hydrogen-bond donors (Lipinski definition) is 1. The summed E-state index contributed by atoms with van der Waals surface area (Å²) in [5, 5.41) is 10.7. The molecule has 2 bridgehead atoms. The van der Waals surface area contributed by atoms with Crippen molar-refractivity contribution in [1.82, 2.24) is 34.8 Å². The first-order chi connectivity index (χ1) is 13.2. The number of thiazole rings is 1. The quantitative estimate of drug-likeness (QED) is 0.735. The van der Waals surface area contributed by atoms with Crippen molar-refractivity contribution in [3.8, 4) is 0 Å². The van der Waals surface area contributed by atoms with E-state index in [9.17, 15) is 4.79 Å². The third kappa shape index (κ3) is 3.10. The molecular weight excluding hydrogens is 362 g/mol. The summed E-state index contributed by atoms with van der Waals surface area (Å²) < 4.78 is 1.61. The second-order valence-electron chi connectivity index (χ2n) is 7.45. The number of hydrogen-bond acceptors (Lipinski definition) is 7. The van der Waals surface area contributed by atoms with Gasteiger partial charge in [0.25, 0.3) is 11.7 Å². The summed E-state index contributed by atoms with van der Waals surface area (Å²) in [7, 11) is 0. The predicted molar refractivity (Wildman–Crippen MR) is 100 cm³/mol. The largest absolute Gasteiger partial charge is 0.346 e. The minimum atomic E-state index is -0.199. The molecule has 8 nitrogen and oxygen atoms in total. The average molecular weight is 383 g/mol. The molecule has 1 aliphatic carbocycles. The number of rotatable bonds is 4. The van der Waals surface area contributed by atoms with Gasteiger partial charge >= 0.3 is 0 Å². The Morgan fingerprint density at radius 1 is 1.26 bits per heavy atom. The van der Waals surface area contributed by atoms with Crippen LogP contribution in [-0.4, -0.2) is 54.5 Å². The van der Waals surface area contributed by atoms with Gasteiger partial charge in [-0.05, 0) is 37.7 Å². The Hall–Kier alpha value is -2.39. The van der Waals surface area contributed by atoms with Gasteiger partial charge in [0, 0.05) is 42.6 Å². The Morgan fingerprint density at radius 2 is 2.07 bits per heavy atom. The molecule has 3 aromatic rings. The number of carbonyl (C=O) groups excluding carboxylic acids is 1. The molecule has 140 valence electrons. The van der Waals surface area contributed by atoms with Crippen LogP contribution < -0.4 is 5.32 Å². The number of likely N-dealkylation sites (tertiary alicyclic amines) is 1. The zero-order valence-electron chi connectivity index (χ0n) is 15.1. The predicted octanol–water partition coefficient (Wildman–Crippen LogP) is 1.53. The molecule has 3 atom stereocenters. The molecule has 0 radical (unpaired) electrons. The van der Waals surface area contributed by atoms with Gasteiger partial charge in [-0.2, -0.15) is 4.98 Å². The van der Waals surface area contributed by atoms with Crippen molar-refractivity contribution in [1.29, 1.82) is 0 Å². The SMILES string of the molecule is Cc1ccnc2nc(C(=O)NC3[C@@H]4CC[C@H]3CN(Cc3nccs3)C4)nn12. The fourth-order valence-electron chi connectivity index (χ4n) is 4.43. The van der Waals surface area contributed by atoms with Gasteiger partial charge in [-0.15, -0.1) is 16.4 Å². The highest BCUT2D eigenvalue weighted by Gasteiger charge is 2.43. The minimum absolute atomic E-state index is 0.196. The average Bonchev–Trinajstić information content (AvgIpc) is 3.35. The van der Waals surface area contributed by atoms with Crippen molar-refractivity contribution in [3.05, 3.63) is 40.4 Å². The molecule has 9 heteroatoms. The van der Waals surface area contributed by atoms with E-state index in [0.717, 1.165) is 43.2 Å². The van der Waals surface area contributed by atoms with E-state index >= 15 is 0 Å². The highest BCUT2D eigenvalue weighted by Crippen LogP contribution is 2.37. The van der Waals surface area contributed by atoms with Gasteiger partial charge in [0.15, 0.2) is 0 Å². The number of piperidine rings is 1. The molecule has 1 N–H and O–H groups in total. The zero-order chi connectivity index (χ0) is 18.4. The molecule has 5 rings (SSSR count). The van der Waals surface area contributed by atoms with E-state index in [0.29, 0.717) is 17.6 Å². The molecule has 0 spiro atoms. The van der Waals surface area contributed by atoms with E-state index in [2.05, 4.69) is 30.3 Å². The van der Waals surface area contributed by atoms with Gasteiger partial charge in [0.2, 0.25) is 5.82 Å². The lowest BCUT2D eigenvalue weighted by molar-refractivity contribution is 0.0815. The molecule has 2 fully saturated rings. The molecule has 27 heavy (non-hydrogen) atoms. The number of carbonyl (C=O) groups is 1. The summed E-state index contributed by atoms with van der Waals surface area (Å²) in [5.41, 5.74) is 0.905. The van der Waals surface area contributed by atoms with Crippen LogP contribution >= 0.6 is 11.3 Å². The van der Waals surface area contributed by atoms with Crippen molar-refractivity contribution in [2.45, 2.75) is 32.4 Å². The van der Waals surface area contributed by atoms with Crippen LogP contribution in [-0.2, 0) is 6.54 Å². The number of aryl methyl sites for hydroxylation is 1. The van der Waals surface area contributed by atoms with Crippen molar-refractivity contribution >= 4 is 23.0 Å². The fraction of sp³-hybridized carbons (Fsp3) is 0.500. The molecule has 1 amide bonds. The molecule has 4 heterocycles. The minimum Gasteiger partial charge on any atom is -0.346 e. The third-order valence-corrected chi connectivity index (χ3v) is 6.45. The zero-order valence-corrected chi connectivity index (χ0v) is 15.9. The lowest BCUT2D eigenvalue weighted by Gasteiger charge is -2.37. The molecular formula is C18H21N7OS. The van der Waals surface area contributed by atoms with Gasteiger partial charge in [-0.25, -0.2) is 14.5 Å². The van der Waals surface area contributed by atoms with Crippen molar-refractivity contribution in [2.24, 2.45) is 11.8 Å². The molecule has 1 saturated carbocycles. The number of fused-ring (bicyclic) bond motifs is 3. The molecule has 1 unspecified atom stereocenters. The maximum Gasteiger partial charge on any atom is 0.291 e. The van der Waals surface area contributed by atoms with Crippen LogP contribution in [0, 0.1) is 18.8 Å². The summed E-state index contributed by atoms with van der Waals surface area (Å²) in [6.07, 6.45) is 5.85. The normalized spacial score (nSPS) is 25.1. The van der Waals surface area contributed by atoms with E-state index in [-0.39, 0.29) is 17.8 Å². The summed E-state index contributed by atoms with van der Waals surface area (Å²) in [4.78, 5) is 28.1. The Bertz CT molecular complexity index is 955. The lowest BCUT2D eigenvalue weighted by atomic mass is 9.92. The van der Waals surface area contributed by atoms with Crippen LogP contribution in [0.5, 0.6) is 0 Å². The molecule has 1 saturated heterocycles. The standard InChI is InChI=1S/C18H21N7OS/c1-11-4-5-20-18-22-16(23-25(11)18)17(26)21-15-12-2-3-13(15)9-24(8-12)10-14-19-6-7-27-14/h4-7,12-13,15H,2-3,8-10H2,1H3,(H,21,26)/t12-,13+,15?. The highest BCUT2D eigenvalue weighted by atomic mass is 32.1. The highest BCUT2D eigenvalue weighted by molar-refractivity contribution is 7.09. The van der Waals surface area contributed by atoms with Crippen LogP contribution in [0.4, 0.5) is 0 Å². The Morgan fingerprint density at radius 3 is 2.78 bits per heavy atom. The van der Waals surface area contributed by atoms with Crippen LogP contribution in [0.1, 0.15) is 34.2 Å². The van der Waals surface area contributed by atoms with E-state index in [1.165, 1.54) is 0 Å². The van der Waals surface area contributed by atoms with Crippen LogP contribution in [0.2, 0.25) is 0 Å². The van der Waals surface area contributed by atoms with Crippen LogP contribution in [0.25, 0.3) is 5.78 Å². The summed E-state index contributed by atoms with van der Waals surface area (Å²) in [5.74, 6) is 1.41. The van der Waals surface area contributed by atoms with E-state index < -0.39 is 0 Å². The Labute approximate surface area is 160 Å². The lowest BCUT2D eigenvalue weighted by Crippen LogP contribution is -2.52. The molecule has 2 aliphatic rings. The first-order valence-electron chi connectivity index (χ1n) is 9.27. The van der Waals surface area contributed by atoms with Crippen molar-refractivity contribution < 1.29 is 4.79 Å². The Balaban J connectivity index is 1.28. The maximum atomic E-state index is 12.8. The van der Waals surface area contributed by atoms with Gasteiger partial charge in [0.05, 0.1) is 6.54 Å². The third-order valence-electron chi connectivity index (χ3n) is 5.68. The monoisotopic (exact) mass is 383 g/mol. The molecule has 3 aromatic heterocycles. The smallest absolute Gasteiger partial charge is 0.291 e. The van der Waals surface area contributed by atoms with Crippen LogP contribution in [0.15, 0.2) is 23.8 Å². The number of nitrogens with zero attached hydrogens (tertiary/aromatic N) is 6.